The number of hydrogen-bond donors (Lipinski definition) is 2. The van der Waals surface area contributed by atoms with Gasteiger partial charge in [-0.25, -0.2) is 36.7 Å². The smallest absolute Gasteiger partial charge is 0.408 e. The lowest BCUT2D eigenvalue weighted by Crippen LogP contribution is -2.44. The highest BCUT2D eigenvalue weighted by molar-refractivity contribution is 5.68. The second kappa shape index (κ2) is 10.9. The quantitative estimate of drug-likeness (QED) is 0.358. The largest absolute Gasteiger partial charge is 0.465 e. The molecule has 2 unspecified atom stereocenters. The molecule has 5 rings (SSSR count). The number of nitrogens with one attached hydrogen (secondary N) is 1. The van der Waals surface area contributed by atoms with Crippen LogP contribution in [0.5, 0.6) is 0 Å². The van der Waals surface area contributed by atoms with Gasteiger partial charge in [0.15, 0.2) is 5.65 Å². The molecule has 214 valence electrons. The van der Waals surface area contributed by atoms with Crippen molar-refractivity contribution in [3.63, 3.8) is 0 Å². The number of benzene rings is 1. The number of rotatable bonds is 6. The Morgan fingerprint density at radius 3 is 2.52 bits per heavy atom. The fraction of sp³-hybridized carbons (Fsp3) is 0.481. The summed E-state index contributed by atoms with van der Waals surface area (Å²) in [5, 5.41) is 16.6. The third-order valence-electron chi connectivity index (χ3n) is 7.61. The van der Waals surface area contributed by atoms with Crippen molar-refractivity contribution in [3.05, 3.63) is 65.6 Å². The summed E-state index contributed by atoms with van der Waals surface area (Å²) < 4.78 is 62.9. The Morgan fingerprint density at radius 1 is 1.10 bits per heavy atom. The van der Waals surface area contributed by atoms with E-state index in [1.54, 1.807) is 18.3 Å². The van der Waals surface area contributed by atoms with Gasteiger partial charge in [-0.3, -0.25) is 0 Å². The molecule has 3 aromatic rings. The zero-order valence-corrected chi connectivity index (χ0v) is 21.5. The molecule has 1 saturated carbocycles. The number of imidazole rings is 1. The number of carbonyl (C=O) groups excluding carboxylic acids is 1. The van der Waals surface area contributed by atoms with Gasteiger partial charge in [0.25, 0.3) is 5.92 Å². The number of fused-ring (bicyclic) bond motifs is 1. The highest BCUT2D eigenvalue weighted by atomic mass is 19.3. The highest BCUT2D eigenvalue weighted by Crippen LogP contribution is 2.42. The maximum atomic E-state index is 14.2. The maximum absolute atomic E-state index is 14.2. The van der Waals surface area contributed by atoms with Crippen molar-refractivity contribution in [1.29, 1.82) is 0 Å². The SMILES string of the molecule is O=C(NC(c1cn2ncc(C3CC(F)(F)CCN3C(=O)O)cc2n1)C1CCC(F)(F)CC1)OCc1ccccc1. The lowest BCUT2D eigenvalue weighted by atomic mass is 9.81. The normalized spacial score (nSPS) is 21.6. The van der Waals surface area contributed by atoms with Crippen molar-refractivity contribution in [1.82, 2.24) is 24.8 Å². The summed E-state index contributed by atoms with van der Waals surface area (Å²) in [6.45, 7) is -0.300. The van der Waals surface area contributed by atoms with Crippen molar-refractivity contribution < 1.29 is 37.0 Å². The summed E-state index contributed by atoms with van der Waals surface area (Å²) in [6, 6.07) is 8.66. The summed E-state index contributed by atoms with van der Waals surface area (Å²) in [7, 11) is 0. The summed E-state index contributed by atoms with van der Waals surface area (Å²) in [5.41, 5.74) is 1.63. The second-order valence-electron chi connectivity index (χ2n) is 10.4. The van der Waals surface area contributed by atoms with E-state index in [4.69, 9.17) is 4.74 Å². The zero-order valence-electron chi connectivity index (χ0n) is 21.5. The van der Waals surface area contributed by atoms with Crippen LogP contribution in [0.4, 0.5) is 27.2 Å². The number of nitrogens with zero attached hydrogens (tertiary/aromatic N) is 4. The van der Waals surface area contributed by atoms with Gasteiger partial charge in [-0.05, 0) is 36.0 Å². The third-order valence-corrected chi connectivity index (χ3v) is 7.61. The van der Waals surface area contributed by atoms with E-state index in [-0.39, 0.29) is 56.0 Å². The van der Waals surface area contributed by atoms with Gasteiger partial charge < -0.3 is 20.1 Å². The Labute approximate surface area is 227 Å². The standard InChI is InChI=1S/C27H29F4N5O4/c28-26(29)8-6-18(7-9-26)23(34-24(37)40-16-17-4-2-1-3-5-17)20-15-36-22(33-20)12-19(14-32-36)21-13-27(30,31)10-11-35(21)25(38)39/h1-5,12,14-15,18,21,23H,6-11,13,16H2,(H,34,37)(H,38,39). The van der Waals surface area contributed by atoms with Gasteiger partial charge in [-0.2, -0.15) is 5.10 Å². The van der Waals surface area contributed by atoms with Crippen LogP contribution in [0, 0.1) is 5.92 Å². The van der Waals surface area contributed by atoms with Crippen LogP contribution in [0.3, 0.4) is 0 Å². The Bertz CT molecular complexity index is 1360. The minimum atomic E-state index is -3.03. The molecule has 9 nitrogen and oxygen atoms in total. The molecule has 2 amide bonds. The first kappa shape index (κ1) is 27.7. The fourth-order valence-electron chi connectivity index (χ4n) is 5.42. The van der Waals surface area contributed by atoms with Crippen LogP contribution in [-0.4, -0.2) is 55.2 Å². The van der Waals surface area contributed by atoms with Crippen molar-refractivity contribution in [2.24, 2.45) is 5.92 Å². The van der Waals surface area contributed by atoms with Crippen LogP contribution in [0.1, 0.15) is 67.4 Å². The maximum Gasteiger partial charge on any atom is 0.408 e. The first-order valence-corrected chi connectivity index (χ1v) is 13.1. The Hall–Kier alpha value is -3.90. The average Bonchev–Trinajstić information content (AvgIpc) is 3.34. The number of halogens is 4. The molecule has 2 aliphatic rings. The van der Waals surface area contributed by atoms with Gasteiger partial charge in [0.1, 0.15) is 6.61 Å². The van der Waals surface area contributed by atoms with Gasteiger partial charge in [0, 0.05) is 32.2 Å². The van der Waals surface area contributed by atoms with E-state index in [0.29, 0.717) is 5.69 Å². The summed E-state index contributed by atoms with van der Waals surface area (Å²) in [6.07, 6.45) is -0.795. The Kier molecular flexibility index (Phi) is 7.56. The van der Waals surface area contributed by atoms with Crippen LogP contribution in [0.2, 0.25) is 0 Å². The molecule has 2 N–H and O–H groups in total. The number of aromatic nitrogens is 3. The van der Waals surface area contributed by atoms with Gasteiger partial charge in [-0.1, -0.05) is 30.3 Å². The molecule has 0 spiro atoms. The molecule has 1 saturated heterocycles. The number of alkyl carbamates (subject to hydrolysis) is 1. The van der Waals surface area contributed by atoms with E-state index >= 15 is 0 Å². The summed E-state index contributed by atoms with van der Waals surface area (Å²) >= 11 is 0. The molecular weight excluding hydrogens is 534 g/mol. The number of amides is 2. The van der Waals surface area contributed by atoms with Gasteiger partial charge >= 0.3 is 12.2 Å². The first-order valence-electron chi connectivity index (χ1n) is 13.1. The van der Waals surface area contributed by atoms with Crippen LogP contribution in [0.25, 0.3) is 5.65 Å². The molecule has 2 fully saturated rings. The second-order valence-corrected chi connectivity index (χ2v) is 10.4. The minimum Gasteiger partial charge on any atom is -0.465 e. The zero-order chi connectivity index (χ0) is 28.5. The number of likely N-dealkylation sites (tertiary alicyclic amines) is 1. The molecule has 40 heavy (non-hydrogen) atoms. The molecule has 3 heterocycles. The lowest BCUT2D eigenvalue weighted by Gasteiger charge is -2.37. The molecule has 1 aliphatic carbocycles. The van der Waals surface area contributed by atoms with E-state index in [1.807, 2.05) is 18.2 Å². The van der Waals surface area contributed by atoms with Gasteiger partial charge in [-0.15, -0.1) is 0 Å². The van der Waals surface area contributed by atoms with Gasteiger partial charge in [0.2, 0.25) is 5.92 Å². The van der Waals surface area contributed by atoms with Crippen LogP contribution in [0.15, 0.2) is 48.8 Å². The van der Waals surface area contributed by atoms with Crippen molar-refractivity contribution in [2.45, 2.75) is 69.1 Å². The average molecular weight is 564 g/mol. The minimum absolute atomic E-state index is 0.0182. The number of piperidine rings is 1. The number of carbonyl (C=O) groups is 2. The molecule has 0 bridgehead atoms. The fourth-order valence-corrected chi connectivity index (χ4v) is 5.42. The number of hydrogen-bond acceptors (Lipinski definition) is 5. The highest BCUT2D eigenvalue weighted by Gasteiger charge is 2.43. The van der Waals surface area contributed by atoms with Crippen LogP contribution < -0.4 is 5.32 Å². The Balaban J connectivity index is 1.40. The molecule has 2 aromatic heterocycles. The lowest BCUT2D eigenvalue weighted by molar-refractivity contribution is -0.0723. The topological polar surface area (TPSA) is 109 Å². The van der Waals surface area contributed by atoms with Crippen molar-refractivity contribution >= 4 is 17.8 Å². The van der Waals surface area contributed by atoms with E-state index in [1.165, 1.54) is 16.8 Å². The Morgan fingerprint density at radius 2 is 1.82 bits per heavy atom. The van der Waals surface area contributed by atoms with Crippen molar-refractivity contribution in [2.75, 3.05) is 6.54 Å². The van der Waals surface area contributed by atoms with Crippen molar-refractivity contribution in [3.8, 4) is 0 Å². The number of ether oxygens (including phenoxy) is 1. The summed E-state index contributed by atoms with van der Waals surface area (Å²) in [5.74, 6) is -6.16. The predicted octanol–water partition coefficient (Wildman–Crippen LogP) is 5.97. The van der Waals surface area contributed by atoms with Gasteiger partial charge in [0.05, 0.1) is 30.2 Å². The molecular formula is C27H29F4N5O4. The molecule has 2 atom stereocenters. The summed E-state index contributed by atoms with van der Waals surface area (Å²) in [4.78, 5) is 30.0. The van der Waals surface area contributed by atoms with E-state index in [2.05, 4.69) is 15.4 Å². The number of alkyl halides is 4. The van der Waals surface area contributed by atoms with Crippen LogP contribution >= 0.6 is 0 Å². The third kappa shape index (κ3) is 6.28. The van der Waals surface area contributed by atoms with E-state index in [0.717, 1.165) is 10.5 Å². The molecule has 13 heteroatoms. The monoisotopic (exact) mass is 563 g/mol. The predicted molar refractivity (Wildman–Crippen MR) is 134 cm³/mol. The van der Waals surface area contributed by atoms with Crippen LogP contribution in [-0.2, 0) is 11.3 Å². The molecule has 1 aromatic carbocycles. The molecule has 1 aliphatic heterocycles. The number of carboxylic acid groups (broad SMARTS) is 1. The first-order chi connectivity index (χ1) is 19.0. The van der Waals surface area contributed by atoms with E-state index < -0.39 is 49.0 Å². The molecule has 0 radical (unpaired) electrons. The van der Waals surface area contributed by atoms with E-state index in [9.17, 15) is 32.3 Å².